The maximum absolute atomic E-state index is 11.6. The Labute approximate surface area is 163 Å². The van der Waals surface area contributed by atoms with Crippen molar-refractivity contribution in [2.24, 2.45) is 0 Å². The fourth-order valence-corrected chi connectivity index (χ4v) is 3.65. The molecule has 0 aliphatic heterocycles. The topological polar surface area (TPSA) is 55.8 Å². The second kappa shape index (κ2) is 9.24. The van der Waals surface area contributed by atoms with Gasteiger partial charge in [-0.1, -0.05) is 36.4 Å². The van der Waals surface area contributed by atoms with Crippen LogP contribution in [-0.2, 0) is 11.2 Å². The van der Waals surface area contributed by atoms with E-state index in [0.29, 0.717) is 19.6 Å². The van der Waals surface area contributed by atoms with E-state index < -0.39 is 11.9 Å². The smallest absolute Gasteiger partial charge is 0.312 e. The molecule has 140 valence electrons. The monoisotopic (exact) mass is 382 g/mol. The van der Waals surface area contributed by atoms with Gasteiger partial charge in [-0.25, -0.2) is 0 Å². The van der Waals surface area contributed by atoms with E-state index in [9.17, 15) is 9.90 Å². The number of carboxylic acids is 1. The molecule has 0 saturated carbocycles. The molecule has 5 heteroatoms. The van der Waals surface area contributed by atoms with Crippen LogP contribution in [-0.4, -0.2) is 24.3 Å². The van der Waals surface area contributed by atoms with Gasteiger partial charge in [0.2, 0.25) is 0 Å². The van der Waals surface area contributed by atoms with Gasteiger partial charge in [-0.15, -0.1) is 11.3 Å². The molecule has 0 saturated heterocycles. The highest BCUT2D eigenvalue weighted by atomic mass is 32.1. The molecule has 0 fully saturated rings. The van der Waals surface area contributed by atoms with Crippen molar-refractivity contribution in [2.45, 2.75) is 19.3 Å². The second-order valence-electron chi connectivity index (χ2n) is 6.22. The van der Waals surface area contributed by atoms with E-state index in [2.05, 4.69) is 0 Å². The maximum atomic E-state index is 11.6. The highest BCUT2D eigenvalue weighted by Crippen LogP contribution is 2.27. The largest absolute Gasteiger partial charge is 0.490 e. The Kier molecular flexibility index (Phi) is 6.49. The van der Waals surface area contributed by atoms with E-state index in [0.717, 1.165) is 27.5 Å². The summed E-state index contributed by atoms with van der Waals surface area (Å²) in [4.78, 5) is 12.5. The van der Waals surface area contributed by atoms with Crippen molar-refractivity contribution in [1.29, 1.82) is 0 Å². The molecule has 27 heavy (non-hydrogen) atoms. The summed E-state index contributed by atoms with van der Waals surface area (Å²) >= 11 is 1.47. The zero-order valence-corrected chi connectivity index (χ0v) is 15.9. The number of rotatable bonds is 9. The Bertz CT molecular complexity index is 874. The lowest BCUT2D eigenvalue weighted by molar-refractivity contribution is -0.138. The Balaban J connectivity index is 1.55. The molecule has 2 aromatic carbocycles. The van der Waals surface area contributed by atoms with Gasteiger partial charge >= 0.3 is 5.97 Å². The molecule has 0 bridgehead atoms. The molecule has 1 N–H and O–H groups in total. The summed E-state index contributed by atoms with van der Waals surface area (Å²) in [7, 11) is 0. The first-order valence-corrected chi connectivity index (χ1v) is 9.68. The van der Waals surface area contributed by atoms with Gasteiger partial charge < -0.3 is 14.6 Å². The number of hydrogen-bond acceptors (Lipinski definition) is 4. The first-order chi connectivity index (χ1) is 13.1. The molecule has 4 nitrogen and oxygen atoms in total. The van der Waals surface area contributed by atoms with Crippen molar-refractivity contribution in [1.82, 2.24) is 0 Å². The van der Waals surface area contributed by atoms with Crippen LogP contribution in [0.5, 0.6) is 11.5 Å². The molecule has 0 spiro atoms. The summed E-state index contributed by atoms with van der Waals surface area (Å²) in [5.74, 6) is 0.228. The maximum Gasteiger partial charge on any atom is 0.312 e. The van der Waals surface area contributed by atoms with E-state index in [1.54, 1.807) is 0 Å². The quantitative estimate of drug-likeness (QED) is 0.534. The van der Waals surface area contributed by atoms with Crippen LogP contribution >= 0.6 is 11.3 Å². The molecule has 3 aromatic rings. The highest BCUT2D eigenvalue weighted by Gasteiger charge is 2.21. The molecule has 1 atom stereocenters. The van der Waals surface area contributed by atoms with Gasteiger partial charge in [0, 0.05) is 4.88 Å². The third kappa shape index (κ3) is 5.34. The van der Waals surface area contributed by atoms with Gasteiger partial charge in [0.15, 0.2) is 0 Å². The van der Waals surface area contributed by atoms with E-state index in [1.165, 1.54) is 11.3 Å². The Morgan fingerprint density at radius 2 is 1.85 bits per heavy atom. The first kappa shape index (κ1) is 19.0. The van der Waals surface area contributed by atoms with Crippen LogP contribution in [0.25, 0.3) is 0 Å². The molecule has 3 rings (SSSR count). The standard InChI is InChI=1S/C22H22O4S/c1-16-6-2-3-9-20(16)26-12-11-25-18-8-4-7-17(14-18)15-19(22(23)24)21-10-5-13-27-21/h2-10,13-14,19H,11-12,15H2,1H3,(H,23,24). The molecule has 1 aromatic heterocycles. The lowest BCUT2D eigenvalue weighted by atomic mass is 9.98. The number of carbonyl (C=O) groups is 1. The van der Waals surface area contributed by atoms with E-state index >= 15 is 0 Å². The van der Waals surface area contributed by atoms with Crippen LogP contribution in [0.4, 0.5) is 0 Å². The molecule has 0 radical (unpaired) electrons. The highest BCUT2D eigenvalue weighted by molar-refractivity contribution is 7.10. The van der Waals surface area contributed by atoms with Crippen molar-refractivity contribution < 1.29 is 19.4 Å². The summed E-state index contributed by atoms with van der Waals surface area (Å²) in [5, 5.41) is 11.4. The minimum atomic E-state index is -0.810. The summed E-state index contributed by atoms with van der Waals surface area (Å²) in [5.41, 5.74) is 2.03. The average molecular weight is 382 g/mol. The average Bonchev–Trinajstić information content (AvgIpc) is 3.19. The van der Waals surface area contributed by atoms with Gasteiger partial charge in [-0.3, -0.25) is 4.79 Å². The molecular weight excluding hydrogens is 360 g/mol. The van der Waals surface area contributed by atoms with Crippen molar-refractivity contribution in [2.75, 3.05) is 13.2 Å². The molecular formula is C22H22O4S. The summed E-state index contributed by atoms with van der Waals surface area (Å²) in [6.07, 6.45) is 0.437. The minimum absolute atomic E-state index is 0.422. The van der Waals surface area contributed by atoms with Crippen LogP contribution in [0.3, 0.4) is 0 Å². The normalized spacial score (nSPS) is 11.7. The summed E-state index contributed by atoms with van der Waals surface area (Å²) in [6, 6.07) is 19.2. The van der Waals surface area contributed by atoms with Crippen LogP contribution < -0.4 is 9.47 Å². The Hall–Kier alpha value is -2.79. The van der Waals surface area contributed by atoms with Gasteiger partial charge in [-0.05, 0) is 54.1 Å². The summed E-state index contributed by atoms with van der Waals surface area (Å²) < 4.78 is 11.5. The second-order valence-corrected chi connectivity index (χ2v) is 7.20. The van der Waals surface area contributed by atoms with E-state index in [1.807, 2.05) is 73.0 Å². The third-order valence-corrected chi connectivity index (χ3v) is 5.21. The van der Waals surface area contributed by atoms with E-state index in [4.69, 9.17) is 9.47 Å². The number of ether oxygens (including phenoxy) is 2. The van der Waals surface area contributed by atoms with Gasteiger partial charge in [-0.2, -0.15) is 0 Å². The number of aliphatic carboxylic acids is 1. The fraction of sp³-hybridized carbons (Fsp3) is 0.227. The fourth-order valence-electron chi connectivity index (χ4n) is 2.83. The van der Waals surface area contributed by atoms with Crippen LogP contribution in [0, 0.1) is 6.92 Å². The van der Waals surface area contributed by atoms with Gasteiger partial charge in [0.05, 0.1) is 5.92 Å². The van der Waals surface area contributed by atoms with Crippen molar-refractivity contribution in [3.05, 3.63) is 82.0 Å². The zero-order chi connectivity index (χ0) is 19.1. The third-order valence-electron chi connectivity index (χ3n) is 4.23. The number of hydrogen-bond donors (Lipinski definition) is 1. The lowest BCUT2D eigenvalue weighted by Crippen LogP contribution is -2.13. The number of para-hydroxylation sites is 1. The molecule has 0 aliphatic carbocycles. The predicted octanol–water partition coefficient (Wildman–Crippen LogP) is 4.93. The van der Waals surface area contributed by atoms with Crippen LogP contribution in [0.15, 0.2) is 66.0 Å². The van der Waals surface area contributed by atoms with Crippen molar-refractivity contribution in [3.63, 3.8) is 0 Å². The molecule has 1 unspecified atom stereocenters. The Morgan fingerprint density at radius 1 is 1.04 bits per heavy atom. The molecule has 1 heterocycles. The zero-order valence-electron chi connectivity index (χ0n) is 15.1. The number of carboxylic acid groups (broad SMARTS) is 1. The van der Waals surface area contributed by atoms with Gasteiger partial charge in [0.25, 0.3) is 0 Å². The first-order valence-electron chi connectivity index (χ1n) is 8.80. The number of benzene rings is 2. The summed E-state index contributed by atoms with van der Waals surface area (Å²) in [6.45, 7) is 2.87. The number of thiophene rings is 1. The van der Waals surface area contributed by atoms with E-state index in [-0.39, 0.29) is 0 Å². The Morgan fingerprint density at radius 3 is 2.59 bits per heavy atom. The molecule has 0 aliphatic rings. The van der Waals surface area contributed by atoms with Crippen molar-refractivity contribution in [3.8, 4) is 11.5 Å². The van der Waals surface area contributed by atoms with Gasteiger partial charge in [0.1, 0.15) is 24.7 Å². The lowest BCUT2D eigenvalue weighted by Gasteiger charge is -2.13. The minimum Gasteiger partial charge on any atom is -0.490 e. The van der Waals surface area contributed by atoms with Crippen LogP contribution in [0.2, 0.25) is 0 Å². The molecule has 0 amide bonds. The number of aryl methyl sites for hydroxylation is 1. The van der Waals surface area contributed by atoms with Crippen LogP contribution in [0.1, 0.15) is 21.9 Å². The van der Waals surface area contributed by atoms with Crippen molar-refractivity contribution >= 4 is 17.3 Å². The SMILES string of the molecule is Cc1ccccc1OCCOc1cccc(CC(C(=O)O)c2cccs2)c1. The predicted molar refractivity (Wildman–Crippen MR) is 107 cm³/mol.